The van der Waals surface area contributed by atoms with Gasteiger partial charge in [-0.3, -0.25) is 5.41 Å². The number of fused-ring (bicyclic) bond motifs is 1. The van der Waals surface area contributed by atoms with Crippen molar-refractivity contribution in [3.8, 4) is 5.75 Å². The second-order valence-corrected chi connectivity index (χ2v) is 7.55. The number of hydrogen-bond acceptors (Lipinski definition) is 2. The predicted octanol–water partition coefficient (Wildman–Crippen LogP) is 5.99. The summed E-state index contributed by atoms with van der Waals surface area (Å²) in [5.74, 6) is 1.24. The number of rotatable bonds is 3. The molecule has 5 rings (SSSR count). The fourth-order valence-electron chi connectivity index (χ4n) is 4.38. The molecule has 0 amide bonds. The number of hydrogen-bond donors (Lipinski definition) is 1. The molecule has 1 aliphatic rings. The number of methoxy groups -OCH3 is 1. The fourth-order valence-corrected chi connectivity index (χ4v) is 4.38. The number of ether oxygens (including phenoxy) is 1. The van der Waals surface area contributed by atoms with Gasteiger partial charge in [-0.2, -0.15) is 0 Å². The van der Waals surface area contributed by atoms with E-state index < -0.39 is 0 Å². The zero-order valence-corrected chi connectivity index (χ0v) is 17.3. The Morgan fingerprint density at radius 3 is 2.03 bits per heavy atom. The molecule has 0 aromatic heterocycles. The van der Waals surface area contributed by atoms with Crippen molar-refractivity contribution >= 4 is 51.0 Å². The van der Waals surface area contributed by atoms with Crippen LogP contribution in [0.3, 0.4) is 0 Å². The van der Waals surface area contributed by atoms with Crippen LogP contribution < -0.4 is 14.5 Å². The van der Waals surface area contributed by atoms with Gasteiger partial charge in [-0.25, -0.2) is 0 Å². The number of anilines is 2. The van der Waals surface area contributed by atoms with Crippen LogP contribution in [0.15, 0.2) is 66.7 Å². The number of guanidine groups is 1. The largest absolute Gasteiger partial charge is 0.496 e. The van der Waals surface area contributed by atoms with Crippen LogP contribution in [0.1, 0.15) is 11.1 Å². The second-order valence-electron chi connectivity index (χ2n) is 7.55. The van der Waals surface area contributed by atoms with Gasteiger partial charge in [-0.1, -0.05) is 60.7 Å². The summed E-state index contributed by atoms with van der Waals surface area (Å²) in [5, 5.41) is 13.5. The number of nitrogens with zero attached hydrogens (tertiary/aromatic N) is 2. The van der Waals surface area contributed by atoms with Gasteiger partial charge < -0.3 is 14.5 Å². The molecule has 0 unspecified atom stereocenters. The molecule has 1 aliphatic carbocycles. The van der Waals surface area contributed by atoms with Crippen molar-refractivity contribution in [1.82, 2.24) is 0 Å². The highest BCUT2D eigenvalue weighted by Gasteiger charge is 2.20. The second kappa shape index (κ2) is 6.92. The highest BCUT2D eigenvalue weighted by molar-refractivity contribution is 6.16. The van der Waals surface area contributed by atoms with Crippen LogP contribution >= 0.6 is 0 Å². The first-order valence-electron chi connectivity index (χ1n) is 9.95. The molecule has 4 aromatic rings. The van der Waals surface area contributed by atoms with Gasteiger partial charge in [0.25, 0.3) is 0 Å². The minimum atomic E-state index is 0.400. The van der Waals surface area contributed by atoms with E-state index in [0.29, 0.717) is 5.96 Å². The summed E-state index contributed by atoms with van der Waals surface area (Å²) in [6.45, 7) is 0. The average molecular weight is 393 g/mol. The highest BCUT2D eigenvalue weighted by Crippen LogP contribution is 2.38. The Labute approximate surface area is 176 Å². The molecule has 0 atom stereocenters. The van der Waals surface area contributed by atoms with E-state index in [-0.39, 0.29) is 0 Å². The third-order valence-electron chi connectivity index (χ3n) is 5.96. The van der Waals surface area contributed by atoms with E-state index in [2.05, 4.69) is 54.6 Å². The molecule has 0 radical (unpaired) electrons. The Morgan fingerprint density at radius 2 is 1.30 bits per heavy atom. The molecule has 1 N–H and O–H groups in total. The standard InChI is InChI=1S/C26H23N3O/c1-28(22-15-16-24(30-3)20-9-5-4-8-19(20)22)26(27)29(2)23-14-13-18-12-11-17-7-6-10-21(23)25(17)18/h4-16,27H,1-3H3. The SMILES string of the molecule is COc1ccc(N(C)C(=N)N(C)c2ccc3c4c(cccc24)C=C3)c2ccccc12. The quantitative estimate of drug-likeness (QED) is 0.302. The van der Waals surface area contributed by atoms with Gasteiger partial charge >= 0.3 is 0 Å². The van der Waals surface area contributed by atoms with Crippen molar-refractivity contribution in [2.45, 2.75) is 0 Å². The maximum Gasteiger partial charge on any atom is 0.202 e. The fraction of sp³-hybridized carbons (Fsp3) is 0.115. The maximum absolute atomic E-state index is 8.95. The first kappa shape index (κ1) is 18.3. The topological polar surface area (TPSA) is 39.6 Å². The minimum Gasteiger partial charge on any atom is -0.496 e. The van der Waals surface area contributed by atoms with Gasteiger partial charge in [-0.15, -0.1) is 0 Å². The molecule has 0 saturated carbocycles. The summed E-state index contributed by atoms with van der Waals surface area (Å²) in [5.41, 5.74) is 4.46. The number of benzene rings is 4. The molecule has 0 heterocycles. The van der Waals surface area contributed by atoms with Gasteiger partial charge in [-0.05, 0) is 34.7 Å². The summed E-state index contributed by atoms with van der Waals surface area (Å²) in [4.78, 5) is 3.86. The zero-order valence-electron chi connectivity index (χ0n) is 17.3. The van der Waals surface area contributed by atoms with Gasteiger partial charge in [0.15, 0.2) is 0 Å². The molecule has 0 fully saturated rings. The van der Waals surface area contributed by atoms with Crippen LogP contribution in [0.5, 0.6) is 5.75 Å². The predicted molar refractivity (Wildman–Crippen MR) is 128 cm³/mol. The van der Waals surface area contributed by atoms with Crippen LogP contribution in [0.4, 0.5) is 11.4 Å². The zero-order chi connectivity index (χ0) is 20.8. The van der Waals surface area contributed by atoms with Gasteiger partial charge in [0.1, 0.15) is 5.75 Å². The van der Waals surface area contributed by atoms with Crippen molar-refractivity contribution < 1.29 is 4.74 Å². The van der Waals surface area contributed by atoms with Gasteiger partial charge in [0.2, 0.25) is 5.96 Å². The molecule has 30 heavy (non-hydrogen) atoms. The summed E-state index contributed by atoms with van der Waals surface area (Å²) in [7, 11) is 5.58. The molecular weight excluding hydrogens is 370 g/mol. The Morgan fingerprint density at radius 1 is 0.700 bits per heavy atom. The van der Waals surface area contributed by atoms with E-state index in [9.17, 15) is 0 Å². The lowest BCUT2D eigenvalue weighted by Gasteiger charge is -2.30. The third kappa shape index (κ3) is 2.65. The lowest BCUT2D eigenvalue weighted by Crippen LogP contribution is -2.39. The van der Waals surface area contributed by atoms with E-state index in [1.165, 1.54) is 16.5 Å². The Kier molecular flexibility index (Phi) is 4.21. The van der Waals surface area contributed by atoms with E-state index in [0.717, 1.165) is 33.3 Å². The van der Waals surface area contributed by atoms with Crippen molar-refractivity contribution in [1.29, 1.82) is 5.41 Å². The summed E-state index contributed by atoms with van der Waals surface area (Å²) >= 11 is 0. The van der Waals surface area contributed by atoms with Crippen LogP contribution in [0.25, 0.3) is 33.7 Å². The lowest BCUT2D eigenvalue weighted by atomic mass is 10.0. The van der Waals surface area contributed by atoms with Crippen molar-refractivity contribution in [3.05, 3.63) is 77.9 Å². The molecule has 148 valence electrons. The van der Waals surface area contributed by atoms with Crippen molar-refractivity contribution in [3.63, 3.8) is 0 Å². The van der Waals surface area contributed by atoms with E-state index in [1.807, 2.05) is 48.2 Å². The maximum atomic E-state index is 8.95. The number of nitrogens with one attached hydrogen (secondary N) is 1. The van der Waals surface area contributed by atoms with Crippen LogP contribution in [-0.2, 0) is 0 Å². The van der Waals surface area contributed by atoms with Gasteiger partial charge in [0.05, 0.1) is 18.5 Å². The van der Waals surface area contributed by atoms with Crippen LogP contribution in [0, 0.1) is 5.41 Å². The summed E-state index contributed by atoms with van der Waals surface area (Å²) in [6, 6.07) is 22.7. The Bertz CT molecular complexity index is 1330. The van der Waals surface area contributed by atoms with Crippen LogP contribution in [-0.4, -0.2) is 27.2 Å². The molecule has 0 aliphatic heterocycles. The Balaban J connectivity index is 1.57. The van der Waals surface area contributed by atoms with E-state index >= 15 is 0 Å². The average Bonchev–Trinajstić information content (AvgIpc) is 3.22. The van der Waals surface area contributed by atoms with Crippen LogP contribution in [0.2, 0.25) is 0 Å². The molecular formula is C26H23N3O. The minimum absolute atomic E-state index is 0.400. The first-order chi connectivity index (χ1) is 14.6. The highest BCUT2D eigenvalue weighted by atomic mass is 16.5. The summed E-state index contributed by atoms with van der Waals surface area (Å²) < 4.78 is 5.53. The molecule has 0 saturated heterocycles. The van der Waals surface area contributed by atoms with Crippen molar-refractivity contribution in [2.24, 2.45) is 0 Å². The molecule has 0 bridgehead atoms. The van der Waals surface area contributed by atoms with Crippen molar-refractivity contribution in [2.75, 3.05) is 31.0 Å². The smallest absolute Gasteiger partial charge is 0.202 e. The lowest BCUT2D eigenvalue weighted by molar-refractivity contribution is 0.420. The molecule has 0 spiro atoms. The molecule has 4 nitrogen and oxygen atoms in total. The Hall–Kier alpha value is -3.79. The third-order valence-corrected chi connectivity index (χ3v) is 5.96. The first-order valence-corrected chi connectivity index (χ1v) is 9.95. The van der Waals surface area contributed by atoms with E-state index in [1.54, 1.807) is 7.11 Å². The summed E-state index contributed by atoms with van der Waals surface area (Å²) in [6.07, 6.45) is 4.31. The normalized spacial score (nSPS) is 11.8. The van der Waals surface area contributed by atoms with E-state index in [4.69, 9.17) is 10.1 Å². The monoisotopic (exact) mass is 393 g/mol. The molecule has 4 heteroatoms. The van der Waals surface area contributed by atoms with Gasteiger partial charge in [0, 0.05) is 30.3 Å². The molecule has 4 aromatic carbocycles.